The van der Waals surface area contributed by atoms with Crippen molar-refractivity contribution in [2.75, 3.05) is 26.7 Å². The Kier molecular flexibility index (Phi) is 5.38. The van der Waals surface area contributed by atoms with Crippen molar-refractivity contribution >= 4 is 11.8 Å². The summed E-state index contributed by atoms with van der Waals surface area (Å²) in [4.78, 5) is 28.9. The number of ether oxygens (including phenoxy) is 1. The molecule has 0 saturated carbocycles. The number of likely N-dealkylation sites (tertiary alicyclic amines) is 2. The summed E-state index contributed by atoms with van der Waals surface area (Å²) < 4.78 is 5.20. The Morgan fingerprint density at radius 1 is 1.12 bits per heavy atom. The Morgan fingerprint density at radius 3 is 2.67 bits per heavy atom. The van der Waals surface area contributed by atoms with E-state index in [-0.39, 0.29) is 5.91 Å². The molecule has 0 spiro atoms. The lowest BCUT2D eigenvalue weighted by Crippen LogP contribution is -2.48. The van der Waals surface area contributed by atoms with Crippen LogP contribution in [0.1, 0.15) is 48.9 Å². The lowest BCUT2D eigenvalue weighted by Gasteiger charge is -2.38. The zero-order chi connectivity index (χ0) is 16.9. The van der Waals surface area contributed by atoms with Crippen LogP contribution in [0.5, 0.6) is 5.75 Å². The zero-order valence-corrected chi connectivity index (χ0v) is 14.4. The highest BCUT2D eigenvalue weighted by Crippen LogP contribution is 2.23. The summed E-state index contributed by atoms with van der Waals surface area (Å²) in [6.45, 7) is 2.31. The van der Waals surface area contributed by atoms with Gasteiger partial charge in [0.25, 0.3) is 5.91 Å². The maximum atomic E-state index is 12.7. The first-order valence-electron chi connectivity index (χ1n) is 8.92. The molecule has 2 aliphatic rings. The van der Waals surface area contributed by atoms with Crippen LogP contribution in [-0.2, 0) is 4.79 Å². The van der Waals surface area contributed by atoms with E-state index in [1.165, 1.54) is 0 Å². The van der Waals surface area contributed by atoms with E-state index < -0.39 is 0 Å². The second kappa shape index (κ2) is 7.69. The molecule has 0 aromatic heterocycles. The summed E-state index contributed by atoms with van der Waals surface area (Å²) in [5.74, 6) is 1.05. The number of rotatable bonds is 3. The molecule has 0 atom stereocenters. The number of piperidine rings is 1. The highest BCUT2D eigenvalue weighted by molar-refractivity contribution is 5.94. The first-order valence-corrected chi connectivity index (χ1v) is 8.92. The summed E-state index contributed by atoms with van der Waals surface area (Å²) >= 11 is 0. The third-order valence-electron chi connectivity index (χ3n) is 5.12. The van der Waals surface area contributed by atoms with E-state index >= 15 is 0 Å². The second-order valence-electron chi connectivity index (χ2n) is 6.65. The molecule has 2 amide bonds. The maximum Gasteiger partial charge on any atom is 0.253 e. The Morgan fingerprint density at radius 2 is 1.92 bits per heavy atom. The fraction of sp³-hybridized carbons (Fsp3) is 0.579. The molecular weight excluding hydrogens is 304 g/mol. The summed E-state index contributed by atoms with van der Waals surface area (Å²) in [6.07, 6.45) is 5.71. The molecule has 5 heteroatoms. The highest BCUT2D eigenvalue weighted by atomic mass is 16.5. The van der Waals surface area contributed by atoms with Crippen LogP contribution in [0.2, 0.25) is 0 Å². The van der Waals surface area contributed by atoms with Crippen molar-refractivity contribution in [3.05, 3.63) is 29.8 Å². The van der Waals surface area contributed by atoms with Crippen LogP contribution in [-0.4, -0.2) is 54.4 Å². The largest absolute Gasteiger partial charge is 0.497 e. The van der Waals surface area contributed by atoms with Crippen LogP contribution in [0, 0.1) is 0 Å². The van der Waals surface area contributed by atoms with Gasteiger partial charge in [-0.05, 0) is 43.9 Å². The Bertz CT molecular complexity index is 594. The number of carbonyl (C=O) groups excluding carboxylic acids is 2. The summed E-state index contributed by atoms with van der Waals surface area (Å²) in [6, 6.07) is 7.59. The number of amides is 2. The van der Waals surface area contributed by atoms with Gasteiger partial charge in [-0.15, -0.1) is 0 Å². The molecule has 2 saturated heterocycles. The van der Waals surface area contributed by atoms with Gasteiger partial charge in [-0.1, -0.05) is 12.5 Å². The van der Waals surface area contributed by atoms with Crippen molar-refractivity contribution in [2.45, 2.75) is 44.6 Å². The predicted octanol–water partition coefficient (Wildman–Crippen LogP) is 2.70. The molecule has 1 aromatic rings. The fourth-order valence-electron chi connectivity index (χ4n) is 3.71. The molecule has 2 aliphatic heterocycles. The SMILES string of the molecule is COc1cccc(C(=O)N2CCC(N3CCCCCC3=O)CC2)c1. The zero-order valence-electron chi connectivity index (χ0n) is 14.4. The van der Waals surface area contributed by atoms with E-state index in [9.17, 15) is 9.59 Å². The lowest BCUT2D eigenvalue weighted by molar-refractivity contribution is -0.133. The number of hydrogen-bond acceptors (Lipinski definition) is 3. The van der Waals surface area contributed by atoms with Crippen molar-refractivity contribution in [1.29, 1.82) is 0 Å². The van der Waals surface area contributed by atoms with Gasteiger partial charge in [0.05, 0.1) is 7.11 Å². The summed E-state index contributed by atoms with van der Waals surface area (Å²) in [5, 5.41) is 0. The maximum absolute atomic E-state index is 12.7. The van der Waals surface area contributed by atoms with Crippen LogP contribution >= 0.6 is 0 Å². The van der Waals surface area contributed by atoms with Gasteiger partial charge in [0.15, 0.2) is 0 Å². The third-order valence-corrected chi connectivity index (χ3v) is 5.12. The first-order chi connectivity index (χ1) is 11.7. The van der Waals surface area contributed by atoms with Crippen LogP contribution in [0.25, 0.3) is 0 Å². The predicted molar refractivity (Wildman–Crippen MR) is 92.1 cm³/mol. The van der Waals surface area contributed by atoms with Crippen LogP contribution in [0.4, 0.5) is 0 Å². The average Bonchev–Trinajstić information content (AvgIpc) is 2.85. The second-order valence-corrected chi connectivity index (χ2v) is 6.65. The molecular formula is C19H26N2O3. The van der Waals surface area contributed by atoms with Crippen molar-refractivity contribution in [1.82, 2.24) is 9.80 Å². The van der Waals surface area contributed by atoms with Gasteiger partial charge < -0.3 is 14.5 Å². The normalized spacial score (nSPS) is 20.0. The monoisotopic (exact) mass is 330 g/mol. The Balaban J connectivity index is 1.59. The minimum Gasteiger partial charge on any atom is -0.497 e. The minimum absolute atomic E-state index is 0.0505. The lowest BCUT2D eigenvalue weighted by atomic mass is 10.0. The molecule has 0 N–H and O–H groups in total. The molecule has 0 unspecified atom stereocenters. The quantitative estimate of drug-likeness (QED) is 0.856. The van der Waals surface area contributed by atoms with Gasteiger partial charge in [0, 0.05) is 37.7 Å². The van der Waals surface area contributed by atoms with Gasteiger partial charge in [0.1, 0.15) is 5.75 Å². The van der Waals surface area contributed by atoms with Crippen molar-refractivity contribution in [2.24, 2.45) is 0 Å². The van der Waals surface area contributed by atoms with Crippen LogP contribution in [0.3, 0.4) is 0 Å². The van der Waals surface area contributed by atoms with E-state index in [1.54, 1.807) is 13.2 Å². The first kappa shape index (κ1) is 16.8. The molecule has 1 aromatic carbocycles. The van der Waals surface area contributed by atoms with E-state index in [0.717, 1.165) is 38.6 Å². The molecule has 0 radical (unpaired) electrons. The van der Waals surface area contributed by atoms with Crippen molar-refractivity contribution in [3.8, 4) is 5.75 Å². The average molecular weight is 330 g/mol. The smallest absolute Gasteiger partial charge is 0.253 e. The van der Waals surface area contributed by atoms with Gasteiger partial charge in [0.2, 0.25) is 5.91 Å². The Labute approximate surface area is 143 Å². The number of hydrogen-bond donors (Lipinski definition) is 0. The van der Waals surface area contributed by atoms with E-state index in [0.29, 0.717) is 42.8 Å². The van der Waals surface area contributed by atoms with Gasteiger partial charge >= 0.3 is 0 Å². The Hall–Kier alpha value is -2.04. The molecule has 5 nitrogen and oxygen atoms in total. The fourth-order valence-corrected chi connectivity index (χ4v) is 3.71. The molecule has 2 heterocycles. The topological polar surface area (TPSA) is 49.9 Å². The van der Waals surface area contributed by atoms with E-state index in [2.05, 4.69) is 4.90 Å². The minimum atomic E-state index is 0.0505. The summed E-state index contributed by atoms with van der Waals surface area (Å²) in [5.41, 5.74) is 0.665. The summed E-state index contributed by atoms with van der Waals surface area (Å²) in [7, 11) is 1.60. The van der Waals surface area contributed by atoms with Gasteiger partial charge in [-0.3, -0.25) is 9.59 Å². The van der Waals surface area contributed by atoms with Crippen molar-refractivity contribution in [3.63, 3.8) is 0 Å². The number of benzene rings is 1. The standard InChI is InChI=1S/C19H26N2O3/c1-24-17-7-5-6-15(14-17)19(23)20-12-9-16(10-13-20)21-11-4-2-3-8-18(21)22/h5-7,14,16H,2-4,8-13H2,1H3. The van der Waals surface area contributed by atoms with Crippen molar-refractivity contribution < 1.29 is 14.3 Å². The van der Waals surface area contributed by atoms with E-state index in [4.69, 9.17) is 4.74 Å². The molecule has 2 fully saturated rings. The van der Waals surface area contributed by atoms with Gasteiger partial charge in [-0.2, -0.15) is 0 Å². The van der Waals surface area contributed by atoms with E-state index in [1.807, 2.05) is 23.1 Å². The van der Waals surface area contributed by atoms with Crippen LogP contribution in [0.15, 0.2) is 24.3 Å². The molecule has 24 heavy (non-hydrogen) atoms. The molecule has 130 valence electrons. The van der Waals surface area contributed by atoms with Crippen LogP contribution < -0.4 is 4.74 Å². The third kappa shape index (κ3) is 3.71. The molecule has 0 bridgehead atoms. The molecule has 0 aliphatic carbocycles. The number of methoxy groups -OCH3 is 1. The number of carbonyl (C=O) groups is 2. The highest BCUT2D eigenvalue weighted by Gasteiger charge is 2.30. The molecule has 3 rings (SSSR count). The van der Waals surface area contributed by atoms with Gasteiger partial charge in [-0.25, -0.2) is 0 Å². The number of nitrogens with zero attached hydrogens (tertiary/aromatic N) is 2.